The zero-order valence-corrected chi connectivity index (χ0v) is 18.8. The molecule has 33 heavy (non-hydrogen) atoms. The summed E-state index contributed by atoms with van der Waals surface area (Å²) in [5.41, 5.74) is 0.763. The Hall–Kier alpha value is -3.92. The second-order valence-electron chi connectivity index (χ2n) is 7.05. The second kappa shape index (κ2) is 8.91. The van der Waals surface area contributed by atoms with Crippen molar-refractivity contribution in [1.82, 2.24) is 4.98 Å². The number of ether oxygens (including phenoxy) is 2. The number of carbonyl (C=O) groups excluding carboxylic acids is 3. The topological polar surface area (TPSA) is 119 Å². The molecule has 1 atom stereocenters. The number of anilines is 1. The molecule has 0 radical (unpaired) electrons. The lowest BCUT2D eigenvalue weighted by Crippen LogP contribution is -2.31. The first-order chi connectivity index (χ1) is 15.9. The summed E-state index contributed by atoms with van der Waals surface area (Å²) in [6.07, 6.45) is 1.33. The van der Waals surface area contributed by atoms with Crippen LogP contribution in [0.25, 0.3) is 0 Å². The Morgan fingerprint density at radius 3 is 2.58 bits per heavy atom. The lowest BCUT2D eigenvalue weighted by Gasteiger charge is -2.24. The molecule has 3 heterocycles. The van der Waals surface area contributed by atoms with E-state index in [1.807, 2.05) is 0 Å². The molecular weight excluding hydrogens is 448 g/mol. The van der Waals surface area contributed by atoms with Gasteiger partial charge in [0.15, 0.2) is 16.7 Å². The predicted octanol–water partition coefficient (Wildman–Crippen LogP) is 4.01. The molecule has 0 saturated heterocycles. The molecule has 10 heteroatoms. The van der Waals surface area contributed by atoms with Crippen molar-refractivity contribution in [3.05, 3.63) is 75.9 Å². The Balaban J connectivity index is 1.84. The zero-order valence-electron chi connectivity index (χ0n) is 18.0. The molecule has 4 rings (SSSR count). The minimum atomic E-state index is -0.999. The fraction of sp³-hybridized carbons (Fsp3) is 0.217. The maximum Gasteiger partial charge on any atom is 0.350 e. The van der Waals surface area contributed by atoms with Crippen molar-refractivity contribution in [1.29, 1.82) is 0 Å². The van der Waals surface area contributed by atoms with E-state index in [0.717, 1.165) is 11.3 Å². The van der Waals surface area contributed by atoms with Gasteiger partial charge in [0.25, 0.3) is 5.91 Å². The highest BCUT2D eigenvalue weighted by atomic mass is 32.1. The first kappa shape index (κ1) is 22.3. The first-order valence-electron chi connectivity index (χ1n) is 10.0. The molecule has 0 saturated carbocycles. The number of methoxy groups -OCH3 is 1. The summed E-state index contributed by atoms with van der Waals surface area (Å²) < 4.78 is 15.5. The number of Topliss-reactive ketones (excluding diaryl/α,β-unsaturated/α-hetero) is 1. The van der Waals surface area contributed by atoms with Crippen molar-refractivity contribution in [3.8, 4) is 5.75 Å². The van der Waals surface area contributed by atoms with Crippen molar-refractivity contribution < 1.29 is 33.4 Å². The van der Waals surface area contributed by atoms with Crippen LogP contribution in [0.3, 0.4) is 0 Å². The summed E-state index contributed by atoms with van der Waals surface area (Å²) in [7, 11) is 1.52. The van der Waals surface area contributed by atoms with Crippen molar-refractivity contribution in [2.45, 2.75) is 19.9 Å². The Morgan fingerprint density at radius 1 is 1.24 bits per heavy atom. The van der Waals surface area contributed by atoms with E-state index >= 15 is 0 Å². The Bertz CT molecular complexity index is 1240. The number of carbonyl (C=O) groups is 3. The van der Waals surface area contributed by atoms with E-state index in [2.05, 4.69) is 4.98 Å². The number of nitrogens with zero attached hydrogens (tertiary/aromatic N) is 2. The zero-order chi connectivity index (χ0) is 23.7. The average Bonchev–Trinajstić information content (AvgIpc) is 3.53. The third-order valence-electron chi connectivity index (χ3n) is 5.08. The van der Waals surface area contributed by atoms with Gasteiger partial charge in [0.2, 0.25) is 5.78 Å². The Labute approximate surface area is 192 Å². The van der Waals surface area contributed by atoms with Gasteiger partial charge >= 0.3 is 5.97 Å². The Morgan fingerprint density at radius 2 is 1.97 bits per heavy atom. The van der Waals surface area contributed by atoms with Crippen LogP contribution in [0, 0.1) is 6.92 Å². The molecule has 3 aromatic rings. The van der Waals surface area contributed by atoms with Gasteiger partial charge in [0.1, 0.15) is 10.6 Å². The number of esters is 1. The van der Waals surface area contributed by atoms with E-state index < -0.39 is 29.5 Å². The van der Waals surface area contributed by atoms with Gasteiger partial charge in [-0.3, -0.25) is 14.5 Å². The molecule has 2 aromatic heterocycles. The van der Waals surface area contributed by atoms with Gasteiger partial charge in [-0.15, -0.1) is 0 Å². The largest absolute Gasteiger partial charge is 0.503 e. The molecule has 1 amide bonds. The molecule has 170 valence electrons. The minimum absolute atomic E-state index is 0.0211. The SMILES string of the molecule is CCOC(=O)c1sc(N2C(=O)C(O)=C(C(=O)c3ccco3)[C@H]2c2ccc(OC)cc2)nc1C. The molecule has 0 unspecified atom stereocenters. The number of ketones is 1. The van der Waals surface area contributed by atoms with Gasteiger partial charge in [0, 0.05) is 0 Å². The lowest BCUT2D eigenvalue weighted by molar-refractivity contribution is -0.117. The van der Waals surface area contributed by atoms with Gasteiger partial charge in [0.05, 0.1) is 37.3 Å². The summed E-state index contributed by atoms with van der Waals surface area (Å²) in [4.78, 5) is 44.5. The normalized spacial score (nSPS) is 15.8. The number of aromatic nitrogens is 1. The van der Waals surface area contributed by atoms with Crippen LogP contribution in [-0.4, -0.2) is 41.5 Å². The molecule has 1 aliphatic rings. The molecule has 0 fully saturated rings. The maximum atomic E-state index is 13.2. The maximum absolute atomic E-state index is 13.2. The average molecular weight is 468 g/mol. The molecule has 9 nitrogen and oxygen atoms in total. The fourth-order valence-corrected chi connectivity index (χ4v) is 4.54. The van der Waals surface area contributed by atoms with Crippen LogP contribution in [0.2, 0.25) is 0 Å². The second-order valence-corrected chi connectivity index (χ2v) is 8.03. The summed E-state index contributed by atoms with van der Waals surface area (Å²) in [6, 6.07) is 8.72. The number of hydrogen-bond donors (Lipinski definition) is 1. The van der Waals surface area contributed by atoms with Crippen LogP contribution < -0.4 is 9.64 Å². The van der Waals surface area contributed by atoms with Gasteiger partial charge in [-0.2, -0.15) is 0 Å². The minimum Gasteiger partial charge on any atom is -0.503 e. The highest BCUT2D eigenvalue weighted by Gasteiger charge is 2.46. The summed E-state index contributed by atoms with van der Waals surface area (Å²) in [6.45, 7) is 3.50. The molecule has 0 spiro atoms. The van der Waals surface area contributed by atoms with E-state index in [9.17, 15) is 19.5 Å². The summed E-state index contributed by atoms with van der Waals surface area (Å²) in [5.74, 6) is -2.15. The number of hydrogen-bond acceptors (Lipinski definition) is 9. The monoisotopic (exact) mass is 468 g/mol. The van der Waals surface area contributed by atoms with Crippen LogP contribution in [0.15, 0.2) is 58.4 Å². The van der Waals surface area contributed by atoms with E-state index in [-0.39, 0.29) is 27.9 Å². The number of rotatable bonds is 7. The molecule has 1 N–H and O–H groups in total. The Kier molecular flexibility index (Phi) is 6.01. The van der Waals surface area contributed by atoms with Crippen LogP contribution in [-0.2, 0) is 9.53 Å². The molecule has 1 aromatic carbocycles. The van der Waals surface area contributed by atoms with E-state index in [1.165, 1.54) is 30.4 Å². The first-order valence-corrected chi connectivity index (χ1v) is 10.8. The van der Waals surface area contributed by atoms with Gasteiger partial charge in [-0.1, -0.05) is 23.5 Å². The van der Waals surface area contributed by atoms with Crippen molar-refractivity contribution in [2.75, 3.05) is 18.6 Å². The van der Waals surface area contributed by atoms with Crippen molar-refractivity contribution in [3.63, 3.8) is 0 Å². The summed E-state index contributed by atoms with van der Waals surface area (Å²) in [5, 5.41) is 10.9. The number of aliphatic hydroxyl groups is 1. The van der Waals surface area contributed by atoms with Crippen LogP contribution in [0.4, 0.5) is 5.13 Å². The van der Waals surface area contributed by atoms with Crippen molar-refractivity contribution >= 4 is 34.1 Å². The molecule has 0 bridgehead atoms. The van der Waals surface area contributed by atoms with Crippen LogP contribution in [0.1, 0.15) is 44.4 Å². The number of benzene rings is 1. The van der Waals surface area contributed by atoms with Gasteiger partial charge in [-0.05, 0) is 43.7 Å². The number of aliphatic hydroxyl groups excluding tert-OH is 1. The molecule has 1 aliphatic heterocycles. The summed E-state index contributed by atoms with van der Waals surface area (Å²) >= 11 is 0.950. The van der Waals surface area contributed by atoms with E-state index in [4.69, 9.17) is 13.9 Å². The highest BCUT2D eigenvalue weighted by molar-refractivity contribution is 7.17. The smallest absolute Gasteiger partial charge is 0.350 e. The fourth-order valence-electron chi connectivity index (χ4n) is 3.55. The molecular formula is C23H20N2O7S. The van der Waals surface area contributed by atoms with Crippen molar-refractivity contribution in [2.24, 2.45) is 0 Å². The quantitative estimate of drug-likeness (QED) is 0.408. The third-order valence-corrected chi connectivity index (χ3v) is 6.22. The molecule has 0 aliphatic carbocycles. The van der Waals surface area contributed by atoms with Crippen LogP contribution >= 0.6 is 11.3 Å². The van der Waals surface area contributed by atoms with Gasteiger partial charge < -0.3 is 19.0 Å². The third kappa shape index (κ3) is 3.89. The predicted molar refractivity (Wildman–Crippen MR) is 119 cm³/mol. The number of thiazole rings is 1. The van der Waals surface area contributed by atoms with Gasteiger partial charge in [-0.25, -0.2) is 9.78 Å². The van der Waals surface area contributed by atoms with E-state index in [0.29, 0.717) is 17.0 Å². The standard InChI is InChI=1S/C23H20N2O7S/c1-4-31-22(29)20-12(2)24-23(33-20)25-17(13-7-9-14(30-3)10-8-13)16(19(27)21(25)28)18(26)15-6-5-11-32-15/h5-11,17,27H,4H2,1-3H3/t17-/m1/s1. The highest BCUT2D eigenvalue weighted by Crippen LogP contribution is 2.44. The van der Waals surface area contributed by atoms with Crippen LogP contribution in [0.5, 0.6) is 5.75 Å². The number of amides is 1. The van der Waals surface area contributed by atoms with E-state index in [1.54, 1.807) is 38.1 Å². The lowest BCUT2D eigenvalue weighted by atomic mass is 9.95. The number of aryl methyl sites for hydroxylation is 1. The number of furan rings is 1.